The highest BCUT2D eigenvalue weighted by molar-refractivity contribution is 5.88. The van der Waals surface area contributed by atoms with E-state index >= 15 is 0 Å². The number of nitrogens with two attached hydrogens (primary N) is 1. The van der Waals surface area contributed by atoms with E-state index in [0.29, 0.717) is 13.2 Å². The molecule has 0 aliphatic rings. The predicted molar refractivity (Wildman–Crippen MR) is 99.1 cm³/mol. The first-order chi connectivity index (χ1) is 11.3. The lowest BCUT2D eigenvalue weighted by Crippen LogP contribution is -2.35. The highest BCUT2D eigenvalue weighted by atomic mass is 16.5. The average molecular weight is 314 g/mol. The Morgan fingerprint density at radius 1 is 1.00 bits per heavy atom. The number of fused-ring (bicyclic) bond motifs is 1. The summed E-state index contributed by atoms with van der Waals surface area (Å²) in [5.41, 5.74) is 7.47. The molecule has 2 aromatic rings. The Labute approximate surface area is 140 Å². The van der Waals surface area contributed by atoms with Crippen molar-refractivity contribution in [3.8, 4) is 5.75 Å². The standard InChI is InChI=1S/C20H30N2O/c1-4-13-22(14-5-2)18(15-21)20-17-10-8-7-9-16(17)11-12-19(20)23-6-3/h7-12,18H,4-6,13-15,21H2,1-3H3. The number of hydrogen-bond donors (Lipinski definition) is 1. The summed E-state index contributed by atoms with van der Waals surface area (Å²) in [6.07, 6.45) is 2.26. The van der Waals surface area contributed by atoms with Crippen LogP contribution in [0.2, 0.25) is 0 Å². The van der Waals surface area contributed by atoms with Crippen LogP contribution in [0.3, 0.4) is 0 Å². The van der Waals surface area contributed by atoms with Gasteiger partial charge in [-0.05, 0) is 49.7 Å². The van der Waals surface area contributed by atoms with Crippen molar-refractivity contribution in [3.63, 3.8) is 0 Å². The van der Waals surface area contributed by atoms with Gasteiger partial charge < -0.3 is 10.5 Å². The molecule has 0 aromatic heterocycles. The van der Waals surface area contributed by atoms with Crippen molar-refractivity contribution in [1.82, 2.24) is 4.90 Å². The number of nitrogens with zero attached hydrogens (tertiary/aromatic N) is 1. The molecule has 0 saturated carbocycles. The van der Waals surface area contributed by atoms with E-state index in [-0.39, 0.29) is 6.04 Å². The number of hydrogen-bond acceptors (Lipinski definition) is 3. The van der Waals surface area contributed by atoms with E-state index in [4.69, 9.17) is 10.5 Å². The first kappa shape index (κ1) is 17.8. The zero-order valence-electron chi connectivity index (χ0n) is 14.7. The fourth-order valence-corrected chi connectivity index (χ4v) is 3.35. The second-order valence-electron chi connectivity index (χ2n) is 5.92. The van der Waals surface area contributed by atoms with Crippen molar-refractivity contribution < 1.29 is 4.74 Å². The van der Waals surface area contributed by atoms with Crippen LogP contribution in [0.5, 0.6) is 5.75 Å². The first-order valence-corrected chi connectivity index (χ1v) is 8.85. The molecule has 0 radical (unpaired) electrons. The molecule has 1 unspecified atom stereocenters. The number of ether oxygens (including phenoxy) is 1. The fourth-order valence-electron chi connectivity index (χ4n) is 3.35. The molecule has 126 valence electrons. The fraction of sp³-hybridized carbons (Fsp3) is 0.500. The average Bonchev–Trinajstić information content (AvgIpc) is 2.57. The van der Waals surface area contributed by atoms with Gasteiger partial charge in [-0.3, -0.25) is 4.90 Å². The maximum Gasteiger partial charge on any atom is 0.124 e. The normalized spacial score (nSPS) is 12.7. The number of benzene rings is 2. The van der Waals surface area contributed by atoms with Crippen LogP contribution in [-0.4, -0.2) is 31.1 Å². The van der Waals surface area contributed by atoms with Crippen molar-refractivity contribution >= 4 is 10.8 Å². The molecular weight excluding hydrogens is 284 g/mol. The van der Waals surface area contributed by atoms with Gasteiger partial charge in [-0.2, -0.15) is 0 Å². The van der Waals surface area contributed by atoms with E-state index in [0.717, 1.165) is 31.7 Å². The maximum atomic E-state index is 6.23. The summed E-state index contributed by atoms with van der Waals surface area (Å²) < 4.78 is 5.95. The SMILES string of the molecule is CCCN(CCC)C(CN)c1c(OCC)ccc2ccccc12. The molecule has 3 heteroatoms. The summed E-state index contributed by atoms with van der Waals surface area (Å²) >= 11 is 0. The van der Waals surface area contributed by atoms with Gasteiger partial charge in [-0.1, -0.05) is 44.2 Å². The third-order valence-electron chi connectivity index (χ3n) is 4.25. The van der Waals surface area contributed by atoms with Gasteiger partial charge in [0.25, 0.3) is 0 Å². The van der Waals surface area contributed by atoms with E-state index in [9.17, 15) is 0 Å². The van der Waals surface area contributed by atoms with Gasteiger partial charge in [0.1, 0.15) is 5.75 Å². The van der Waals surface area contributed by atoms with Crippen LogP contribution in [0.1, 0.15) is 45.2 Å². The Morgan fingerprint density at radius 3 is 2.30 bits per heavy atom. The third kappa shape index (κ3) is 4.04. The van der Waals surface area contributed by atoms with Crippen molar-refractivity contribution in [3.05, 3.63) is 42.0 Å². The summed E-state index contributed by atoms with van der Waals surface area (Å²) in [6, 6.07) is 13.0. The summed E-state index contributed by atoms with van der Waals surface area (Å²) in [4.78, 5) is 2.50. The van der Waals surface area contributed by atoms with Crippen LogP contribution in [-0.2, 0) is 0 Å². The zero-order valence-corrected chi connectivity index (χ0v) is 14.7. The van der Waals surface area contributed by atoms with Crippen LogP contribution in [0.15, 0.2) is 36.4 Å². The first-order valence-electron chi connectivity index (χ1n) is 8.85. The van der Waals surface area contributed by atoms with E-state index < -0.39 is 0 Å². The Hall–Kier alpha value is -1.58. The van der Waals surface area contributed by atoms with Gasteiger partial charge in [-0.15, -0.1) is 0 Å². The van der Waals surface area contributed by atoms with Crippen LogP contribution >= 0.6 is 0 Å². The summed E-state index contributed by atoms with van der Waals surface area (Å²) in [5.74, 6) is 0.971. The highest BCUT2D eigenvalue weighted by Crippen LogP contribution is 2.36. The number of rotatable bonds is 9. The van der Waals surface area contributed by atoms with Crippen LogP contribution in [0, 0.1) is 0 Å². The predicted octanol–water partition coefficient (Wildman–Crippen LogP) is 4.36. The Kier molecular flexibility index (Phi) is 6.87. The molecule has 0 heterocycles. The van der Waals surface area contributed by atoms with Gasteiger partial charge in [0.15, 0.2) is 0 Å². The Bertz CT molecular complexity index is 606. The van der Waals surface area contributed by atoms with Gasteiger partial charge in [-0.25, -0.2) is 0 Å². The minimum absolute atomic E-state index is 0.197. The molecule has 2 rings (SSSR count). The molecule has 0 spiro atoms. The Morgan fingerprint density at radius 2 is 1.70 bits per heavy atom. The van der Waals surface area contributed by atoms with Gasteiger partial charge >= 0.3 is 0 Å². The molecule has 0 amide bonds. The minimum Gasteiger partial charge on any atom is -0.494 e. The largest absolute Gasteiger partial charge is 0.494 e. The molecule has 0 bridgehead atoms. The van der Waals surface area contributed by atoms with Gasteiger partial charge in [0, 0.05) is 12.1 Å². The minimum atomic E-state index is 0.197. The molecule has 0 saturated heterocycles. The lowest BCUT2D eigenvalue weighted by Gasteiger charge is -2.32. The summed E-state index contributed by atoms with van der Waals surface area (Å²) in [6.45, 7) is 9.88. The molecule has 0 fully saturated rings. The highest BCUT2D eigenvalue weighted by Gasteiger charge is 2.23. The van der Waals surface area contributed by atoms with Crippen LogP contribution in [0.25, 0.3) is 10.8 Å². The van der Waals surface area contributed by atoms with Crippen molar-refractivity contribution in [2.75, 3.05) is 26.2 Å². The Balaban J connectivity index is 2.57. The molecule has 3 nitrogen and oxygen atoms in total. The summed E-state index contributed by atoms with van der Waals surface area (Å²) in [7, 11) is 0. The van der Waals surface area contributed by atoms with Crippen molar-refractivity contribution in [1.29, 1.82) is 0 Å². The van der Waals surface area contributed by atoms with Crippen LogP contribution < -0.4 is 10.5 Å². The maximum absolute atomic E-state index is 6.23. The lowest BCUT2D eigenvalue weighted by atomic mass is 9.96. The van der Waals surface area contributed by atoms with E-state index in [1.165, 1.54) is 16.3 Å². The second-order valence-corrected chi connectivity index (χ2v) is 5.92. The molecule has 23 heavy (non-hydrogen) atoms. The summed E-state index contributed by atoms with van der Waals surface area (Å²) in [5, 5.41) is 2.50. The van der Waals surface area contributed by atoms with E-state index in [1.807, 2.05) is 6.92 Å². The quantitative estimate of drug-likeness (QED) is 0.747. The molecule has 2 N–H and O–H groups in total. The monoisotopic (exact) mass is 314 g/mol. The molecule has 1 atom stereocenters. The third-order valence-corrected chi connectivity index (χ3v) is 4.25. The second kappa shape index (κ2) is 8.90. The smallest absolute Gasteiger partial charge is 0.124 e. The van der Waals surface area contributed by atoms with Crippen LogP contribution in [0.4, 0.5) is 0 Å². The molecular formula is C20H30N2O. The topological polar surface area (TPSA) is 38.5 Å². The van der Waals surface area contributed by atoms with Crippen molar-refractivity contribution in [2.45, 2.75) is 39.7 Å². The molecule has 2 aromatic carbocycles. The van der Waals surface area contributed by atoms with Gasteiger partial charge in [0.2, 0.25) is 0 Å². The van der Waals surface area contributed by atoms with Gasteiger partial charge in [0.05, 0.1) is 12.6 Å². The molecule has 0 aliphatic heterocycles. The van der Waals surface area contributed by atoms with E-state index in [2.05, 4.69) is 55.1 Å². The van der Waals surface area contributed by atoms with Crippen molar-refractivity contribution in [2.24, 2.45) is 5.73 Å². The van der Waals surface area contributed by atoms with E-state index in [1.54, 1.807) is 0 Å². The lowest BCUT2D eigenvalue weighted by molar-refractivity contribution is 0.198. The molecule has 0 aliphatic carbocycles. The zero-order chi connectivity index (χ0) is 16.7.